The smallest absolute Gasteiger partial charge is 0.270 e. The van der Waals surface area contributed by atoms with E-state index in [0.29, 0.717) is 12.2 Å². The van der Waals surface area contributed by atoms with Gasteiger partial charge in [0.2, 0.25) is 0 Å². The van der Waals surface area contributed by atoms with Gasteiger partial charge >= 0.3 is 0 Å². The Morgan fingerprint density at radius 2 is 2.00 bits per heavy atom. The lowest BCUT2D eigenvalue weighted by Crippen LogP contribution is -2.30. The second-order valence-electron chi connectivity index (χ2n) is 9.01. The predicted octanol–water partition coefficient (Wildman–Crippen LogP) is 4.21. The number of carbonyl (C=O) groups is 3. The summed E-state index contributed by atoms with van der Waals surface area (Å²) >= 11 is 1.67. The lowest BCUT2D eigenvalue weighted by molar-refractivity contribution is 0.0927. The van der Waals surface area contributed by atoms with E-state index in [1.807, 2.05) is 24.4 Å². The van der Waals surface area contributed by atoms with E-state index < -0.39 is 0 Å². The van der Waals surface area contributed by atoms with Crippen LogP contribution in [-0.4, -0.2) is 32.2 Å². The number of benzene rings is 1. The van der Waals surface area contributed by atoms with Crippen molar-refractivity contribution in [1.82, 2.24) is 25.2 Å². The molecule has 0 saturated carbocycles. The van der Waals surface area contributed by atoms with Crippen LogP contribution in [0.4, 0.5) is 0 Å². The number of hydrogen-bond donors (Lipinski definition) is 2. The van der Waals surface area contributed by atoms with E-state index in [1.54, 1.807) is 30.5 Å². The Balaban J connectivity index is 1.37. The number of Topliss-reactive ketones (excluding diaryl/α,β-unsaturated/α-hetero) is 1. The van der Waals surface area contributed by atoms with Crippen LogP contribution in [0.15, 0.2) is 41.9 Å². The minimum atomic E-state index is -0.351. The van der Waals surface area contributed by atoms with Crippen molar-refractivity contribution in [3.05, 3.63) is 86.0 Å². The lowest BCUT2D eigenvalue weighted by Gasteiger charge is -2.16. The molecular weight excluding hydrogens is 474 g/mol. The number of amides is 2. The van der Waals surface area contributed by atoms with E-state index in [-0.39, 0.29) is 35.0 Å². The molecule has 5 rings (SSSR count). The molecule has 4 aromatic rings. The molecule has 1 aliphatic carbocycles. The minimum Gasteiger partial charge on any atom is -0.347 e. The number of carbonyl (C=O) groups excluding carboxylic acids is 3. The van der Waals surface area contributed by atoms with Gasteiger partial charge in [-0.1, -0.05) is 19.1 Å². The molecule has 0 aliphatic heterocycles. The first-order chi connectivity index (χ1) is 17.4. The van der Waals surface area contributed by atoms with Crippen molar-refractivity contribution >= 4 is 34.6 Å². The van der Waals surface area contributed by atoms with E-state index >= 15 is 0 Å². The highest BCUT2D eigenvalue weighted by Crippen LogP contribution is 2.35. The molecule has 0 fully saturated rings. The average Bonchev–Trinajstić information content (AvgIpc) is 3.61. The molecule has 0 unspecified atom stereocenters. The number of aromatic nitrogens is 3. The van der Waals surface area contributed by atoms with Crippen LogP contribution in [0.2, 0.25) is 0 Å². The first-order valence-electron chi connectivity index (χ1n) is 12.0. The zero-order chi connectivity index (χ0) is 25.4. The Labute approximate surface area is 212 Å². The van der Waals surface area contributed by atoms with Crippen LogP contribution in [0.1, 0.15) is 84.8 Å². The summed E-state index contributed by atoms with van der Waals surface area (Å²) in [5.41, 5.74) is 5.70. The second-order valence-corrected chi connectivity index (χ2v) is 10.0. The van der Waals surface area contributed by atoms with Gasteiger partial charge in [-0.3, -0.25) is 14.4 Å². The van der Waals surface area contributed by atoms with Gasteiger partial charge in [-0.15, -0.1) is 11.3 Å². The van der Waals surface area contributed by atoms with Gasteiger partial charge in [0, 0.05) is 29.1 Å². The summed E-state index contributed by atoms with van der Waals surface area (Å²) in [7, 11) is 0. The van der Waals surface area contributed by atoms with Crippen molar-refractivity contribution in [1.29, 1.82) is 0 Å². The highest BCUT2D eigenvalue weighted by molar-refractivity contribution is 7.10. The Morgan fingerprint density at radius 3 is 2.75 bits per heavy atom. The topological polar surface area (TPSA) is 105 Å². The van der Waals surface area contributed by atoms with Crippen molar-refractivity contribution < 1.29 is 14.4 Å². The number of hydrogen-bond acceptors (Lipinski definition) is 6. The van der Waals surface area contributed by atoms with Crippen molar-refractivity contribution in [3.8, 4) is 0 Å². The minimum absolute atomic E-state index is 0.0382. The first kappa shape index (κ1) is 23.9. The molecule has 0 spiro atoms. The molecule has 1 atom stereocenters. The molecule has 3 heterocycles. The average molecular weight is 502 g/mol. The van der Waals surface area contributed by atoms with Crippen LogP contribution in [0.25, 0.3) is 5.65 Å². The molecule has 2 amide bonds. The third kappa shape index (κ3) is 4.42. The normalized spacial score (nSPS) is 14.6. The summed E-state index contributed by atoms with van der Waals surface area (Å²) in [4.78, 5) is 43.9. The second kappa shape index (κ2) is 9.66. The largest absolute Gasteiger partial charge is 0.347 e. The Hall–Kier alpha value is -3.85. The number of ketones is 1. The zero-order valence-corrected chi connectivity index (χ0v) is 21.2. The van der Waals surface area contributed by atoms with E-state index in [9.17, 15) is 14.4 Å². The molecule has 184 valence electrons. The molecule has 36 heavy (non-hydrogen) atoms. The fourth-order valence-electron chi connectivity index (χ4n) is 4.81. The van der Waals surface area contributed by atoms with E-state index in [4.69, 9.17) is 0 Å². The number of aryl methyl sites for hydroxylation is 1. The highest BCUT2D eigenvalue weighted by atomic mass is 32.1. The van der Waals surface area contributed by atoms with E-state index in [2.05, 4.69) is 33.7 Å². The summed E-state index contributed by atoms with van der Waals surface area (Å²) < 4.78 is 1.44. The molecule has 8 nitrogen and oxygen atoms in total. The zero-order valence-electron chi connectivity index (χ0n) is 20.4. The van der Waals surface area contributed by atoms with Gasteiger partial charge in [-0.05, 0) is 66.8 Å². The predicted molar refractivity (Wildman–Crippen MR) is 138 cm³/mol. The van der Waals surface area contributed by atoms with Gasteiger partial charge < -0.3 is 10.6 Å². The van der Waals surface area contributed by atoms with Crippen molar-refractivity contribution in [3.63, 3.8) is 0 Å². The number of fused-ring (bicyclic) bond motifs is 2. The standard InChI is InChI=1S/C27H27N5O3S/c1-4-18-11-17(14-36-18)13-28-26(34)23-12-24(32-25(30-23)9-10-29-32)27(35)31-22-8-7-20-15(2)19(16(3)33)5-6-21(20)22/h5-6,9-12,14,22H,4,7-8,13H2,1-3H3,(H,28,34)(H,31,35)/t22-/m0/s1. The van der Waals surface area contributed by atoms with E-state index in [0.717, 1.165) is 47.1 Å². The fraction of sp³-hybridized carbons (Fsp3) is 0.296. The van der Waals surface area contributed by atoms with Gasteiger partial charge in [-0.25, -0.2) is 9.50 Å². The summed E-state index contributed by atoms with van der Waals surface area (Å²) in [5.74, 6) is -0.649. The van der Waals surface area contributed by atoms with Gasteiger partial charge in [0.15, 0.2) is 11.4 Å². The number of rotatable bonds is 7. The summed E-state index contributed by atoms with van der Waals surface area (Å²) in [5, 5.41) is 12.3. The molecule has 9 heteroatoms. The van der Waals surface area contributed by atoms with Crippen LogP contribution >= 0.6 is 11.3 Å². The quantitative estimate of drug-likeness (QED) is 0.369. The van der Waals surface area contributed by atoms with Crippen LogP contribution in [0, 0.1) is 6.92 Å². The third-order valence-electron chi connectivity index (χ3n) is 6.71. The molecule has 0 radical (unpaired) electrons. The van der Waals surface area contributed by atoms with Crippen LogP contribution in [0.5, 0.6) is 0 Å². The number of thiophene rings is 1. The number of nitrogens with zero attached hydrogens (tertiary/aromatic N) is 3. The van der Waals surface area contributed by atoms with Crippen molar-refractivity contribution in [2.45, 2.75) is 52.6 Å². The summed E-state index contributed by atoms with van der Waals surface area (Å²) in [6.45, 7) is 6.02. The lowest BCUT2D eigenvalue weighted by atomic mass is 9.96. The molecule has 1 aromatic carbocycles. The fourth-order valence-corrected chi connectivity index (χ4v) is 5.65. The van der Waals surface area contributed by atoms with Crippen LogP contribution in [0.3, 0.4) is 0 Å². The molecule has 0 saturated heterocycles. The van der Waals surface area contributed by atoms with Gasteiger partial charge in [0.05, 0.1) is 12.2 Å². The van der Waals surface area contributed by atoms with E-state index in [1.165, 1.54) is 15.5 Å². The molecule has 3 aromatic heterocycles. The number of nitrogens with one attached hydrogen (secondary N) is 2. The Bertz CT molecular complexity index is 1500. The maximum atomic E-state index is 13.4. The molecule has 0 bridgehead atoms. The summed E-state index contributed by atoms with van der Waals surface area (Å²) in [6.07, 6.45) is 4.04. The highest BCUT2D eigenvalue weighted by Gasteiger charge is 2.28. The van der Waals surface area contributed by atoms with Crippen molar-refractivity contribution in [2.24, 2.45) is 0 Å². The maximum Gasteiger partial charge on any atom is 0.270 e. The monoisotopic (exact) mass is 501 g/mol. The Kier molecular flexibility index (Phi) is 6.40. The molecule has 1 aliphatic rings. The van der Waals surface area contributed by atoms with Gasteiger partial charge in [0.25, 0.3) is 11.8 Å². The third-order valence-corrected chi connectivity index (χ3v) is 7.84. The van der Waals surface area contributed by atoms with Gasteiger partial charge in [0.1, 0.15) is 11.4 Å². The van der Waals surface area contributed by atoms with Crippen LogP contribution < -0.4 is 10.6 Å². The summed E-state index contributed by atoms with van der Waals surface area (Å²) in [6, 6.07) is 8.80. The molecular formula is C27H27N5O3S. The molecule has 2 N–H and O–H groups in total. The Morgan fingerprint density at radius 1 is 1.17 bits per heavy atom. The first-order valence-corrected chi connectivity index (χ1v) is 12.9. The van der Waals surface area contributed by atoms with Gasteiger partial charge in [-0.2, -0.15) is 5.10 Å². The maximum absolute atomic E-state index is 13.4. The van der Waals surface area contributed by atoms with Crippen molar-refractivity contribution in [2.75, 3.05) is 0 Å². The van der Waals surface area contributed by atoms with Crippen LogP contribution in [-0.2, 0) is 19.4 Å². The SMILES string of the molecule is CCc1cc(CNC(=O)c2cc(C(=O)N[C@H]3CCc4c3ccc(C(C)=O)c4C)n3nccc3n2)cs1.